The van der Waals surface area contributed by atoms with E-state index in [1.165, 1.54) is 0 Å². The molecule has 0 atom stereocenters. The van der Waals surface area contributed by atoms with Gasteiger partial charge >= 0.3 is 0 Å². The second-order valence-corrected chi connectivity index (χ2v) is 13.7. The van der Waals surface area contributed by atoms with E-state index in [0.717, 1.165) is 31.3 Å². The number of benzene rings is 4. The lowest BCUT2D eigenvalue weighted by molar-refractivity contribution is -0.119. The number of rotatable bonds is 10. The van der Waals surface area contributed by atoms with Crippen LogP contribution in [0.25, 0.3) is 20.2 Å². The summed E-state index contributed by atoms with van der Waals surface area (Å²) in [5, 5.41) is 27.4. The third kappa shape index (κ3) is 6.73. The highest BCUT2D eigenvalue weighted by Gasteiger charge is 2.22. The molecular weight excluding hydrogens is 705 g/mol. The Hall–Kier alpha value is -7.06. The molecule has 4 heterocycles. The highest BCUT2D eigenvalue weighted by atomic mass is 32.1. The van der Waals surface area contributed by atoms with Crippen molar-refractivity contribution in [2.75, 3.05) is 10.0 Å². The zero-order valence-electron chi connectivity index (χ0n) is 27.7. The summed E-state index contributed by atoms with van der Waals surface area (Å²) >= 11 is 3.09. The van der Waals surface area contributed by atoms with Crippen molar-refractivity contribution in [3.63, 3.8) is 0 Å². The van der Waals surface area contributed by atoms with Gasteiger partial charge in [-0.05, 0) is 118 Å². The average molecular weight is 731 g/mol. The Labute approximate surface area is 311 Å². The molecule has 4 aromatic carbocycles. The second kappa shape index (κ2) is 14.3. The SMILES string of the molecule is N#Cc1ccc(N(C(=O)Cc2csc3cc(Oc4ccc5c(CC(=O)N(c6ccc(C#N)cc6)n6ccnc6)csc5c4)ccc23)n2ccnc2)cc1. The van der Waals surface area contributed by atoms with Gasteiger partial charge in [0.25, 0.3) is 11.8 Å². The average Bonchev–Trinajstić information content (AvgIpc) is 4.03. The molecule has 8 aromatic rings. The number of hydrogen-bond donors (Lipinski definition) is 0. The maximum atomic E-state index is 13.7. The molecule has 11 nitrogen and oxygen atoms in total. The fourth-order valence-corrected chi connectivity index (χ4v) is 8.03. The predicted octanol–water partition coefficient (Wildman–Crippen LogP) is 8.12. The minimum absolute atomic E-state index is 0.151. The Bertz CT molecular complexity index is 2480. The van der Waals surface area contributed by atoms with Crippen molar-refractivity contribution in [2.45, 2.75) is 12.8 Å². The number of ether oxygens (including phenoxy) is 1. The van der Waals surface area contributed by atoms with Crippen LogP contribution in [0.3, 0.4) is 0 Å². The van der Waals surface area contributed by atoms with E-state index < -0.39 is 0 Å². The molecule has 0 aliphatic carbocycles. The number of hydrogen-bond acceptors (Lipinski definition) is 9. The van der Waals surface area contributed by atoms with E-state index in [-0.39, 0.29) is 24.7 Å². The number of fused-ring (bicyclic) bond motifs is 2. The van der Waals surface area contributed by atoms with E-state index in [2.05, 4.69) is 22.1 Å². The van der Waals surface area contributed by atoms with Gasteiger partial charge in [-0.25, -0.2) is 29.3 Å². The van der Waals surface area contributed by atoms with Crippen molar-refractivity contribution >= 4 is 66.0 Å². The Balaban J connectivity index is 0.978. The summed E-state index contributed by atoms with van der Waals surface area (Å²) in [5.41, 5.74) is 4.07. The van der Waals surface area contributed by atoms with E-state index >= 15 is 0 Å². The number of amides is 2. The van der Waals surface area contributed by atoms with Gasteiger partial charge in [-0.15, -0.1) is 22.7 Å². The molecule has 13 heteroatoms. The number of carbonyl (C=O) groups excluding carboxylic acids is 2. The minimum atomic E-state index is -0.151. The van der Waals surface area contributed by atoms with Crippen LogP contribution in [0, 0.1) is 22.7 Å². The molecule has 256 valence electrons. The third-order valence-corrected chi connectivity index (χ3v) is 10.6. The van der Waals surface area contributed by atoms with Gasteiger partial charge in [-0.1, -0.05) is 0 Å². The summed E-state index contributed by atoms with van der Waals surface area (Å²) < 4.78 is 11.5. The van der Waals surface area contributed by atoms with Gasteiger partial charge in [0.05, 0.1) is 47.5 Å². The summed E-state index contributed by atoms with van der Waals surface area (Å²) in [5.74, 6) is 1.03. The summed E-state index contributed by atoms with van der Waals surface area (Å²) in [4.78, 5) is 35.7. The first-order valence-electron chi connectivity index (χ1n) is 16.3. The number of anilines is 2. The van der Waals surface area contributed by atoms with Crippen molar-refractivity contribution in [3.05, 3.63) is 155 Å². The molecule has 0 saturated heterocycles. The highest BCUT2D eigenvalue weighted by Crippen LogP contribution is 2.35. The number of imidazole rings is 2. The molecule has 0 N–H and O–H groups in total. The summed E-state index contributed by atoms with van der Waals surface area (Å²) in [7, 11) is 0. The Morgan fingerprint density at radius 3 is 1.45 bits per heavy atom. The van der Waals surface area contributed by atoms with E-state index in [9.17, 15) is 20.1 Å². The highest BCUT2D eigenvalue weighted by molar-refractivity contribution is 7.17. The standard InChI is InChI=1S/C40H26N8O3S2/c41-21-27-1-5-31(6-2-27)47(45-15-13-43-25-45)39(49)17-29-23-52-37-19-33(9-11-35(29)37)51-34-10-12-36-30(24-53-38(36)20-34)18-40(50)48(46-16-14-44-26-46)32-7-3-28(22-42)4-8-32/h1-16,19-20,23-26H,17-18H2. The van der Waals surface area contributed by atoms with Crippen LogP contribution in [0.5, 0.6) is 11.5 Å². The smallest absolute Gasteiger partial charge is 0.250 e. The first kappa shape index (κ1) is 33.1. The van der Waals surface area contributed by atoms with E-state index in [0.29, 0.717) is 34.0 Å². The number of nitrogens with zero attached hydrogens (tertiary/aromatic N) is 8. The summed E-state index contributed by atoms with van der Waals surface area (Å²) in [6.07, 6.45) is 10.1. The van der Waals surface area contributed by atoms with E-state index in [1.807, 2.05) is 47.2 Å². The maximum Gasteiger partial charge on any atom is 0.250 e. The molecule has 2 amide bonds. The summed E-state index contributed by atoms with van der Waals surface area (Å²) in [6.45, 7) is 0. The summed E-state index contributed by atoms with van der Waals surface area (Å²) in [6, 6.07) is 29.6. The van der Waals surface area contributed by atoms with Crippen LogP contribution in [0.1, 0.15) is 22.3 Å². The number of carbonyl (C=O) groups is 2. The number of nitriles is 2. The molecule has 0 radical (unpaired) electrons. The van der Waals surface area contributed by atoms with Crippen molar-refractivity contribution in [2.24, 2.45) is 0 Å². The van der Waals surface area contributed by atoms with Crippen LogP contribution < -0.4 is 14.8 Å². The molecule has 53 heavy (non-hydrogen) atoms. The van der Waals surface area contributed by atoms with Crippen LogP contribution in [-0.2, 0) is 22.4 Å². The fraction of sp³-hybridized carbons (Fsp3) is 0.0500. The molecule has 0 aliphatic heterocycles. The molecule has 0 spiro atoms. The van der Waals surface area contributed by atoms with Crippen LogP contribution in [0.4, 0.5) is 11.4 Å². The van der Waals surface area contributed by atoms with E-state index in [1.54, 1.807) is 128 Å². The normalized spacial score (nSPS) is 10.9. The molecule has 0 fully saturated rings. The Kier molecular flexibility index (Phi) is 8.92. The van der Waals surface area contributed by atoms with Crippen molar-refractivity contribution in [1.29, 1.82) is 10.5 Å². The fourth-order valence-electron chi connectivity index (χ4n) is 6.05. The minimum Gasteiger partial charge on any atom is -0.457 e. The van der Waals surface area contributed by atoms with Gasteiger partial charge < -0.3 is 4.74 Å². The number of thiophene rings is 2. The molecule has 0 saturated carbocycles. The van der Waals surface area contributed by atoms with Gasteiger partial charge in [0.2, 0.25) is 0 Å². The third-order valence-electron chi connectivity index (χ3n) is 8.57. The van der Waals surface area contributed by atoms with Crippen LogP contribution in [-0.4, -0.2) is 31.1 Å². The van der Waals surface area contributed by atoms with Crippen LogP contribution in [0.15, 0.2) is 133 Å². The number of aromatic nitrogens is 4. The lowest BCUT2D eigenvalue weighted by Crippen LogP contribution is -2.36. The van der Waals surface area contributed by atoms with Gasteiger partial charge in [0, 0.05) is 34.2 Å². The lowest BCUT2D eigenvalue weighted by atomic mass is 10.1. The zero-order chi connectivity index (χ0) is 36.3. The molecular formula is C40H26N8O3S2. The van der Waals surface area contributed by atoms with Gasteiger partial charge in [0.1, 0.15) is 24.2 Å². The second-order valence-electron chi connectivity index (χ2n) is 11.9. The van der Waals surface area contributed by atoms with Crippen LogP contribution in [0.2, 0.25) is 0 Å². The van der Waals surface area contributed by atoms with Crippen LogP contribution >= 0.6 is 22.7 Å². The van der Waals surface area contributed by atoms with Crippen molar-refractivity contribution < 1.29 is 14.3 Å². The zero-order valence-corrected chi connectivity index (χ0v) is 29.4. The van der Waals surface area contributed by atoms with Gasteiger partial charge in [-0.3, -0.25) is 9.59 Å². The monoisotopic (exact) mass is 730 g/mol. The Morgan fingerprint density at radius 2 is 1.08 bits per heavy atom. The van der Waals surface area contributed by atoms with Crippen molar-refractivity contribution in [1.82, 2.24) is 19.3 Å². The molecule has 0 aliphatic rings. The molecule has 0 unspecified atom stereocenters. The topological polar surface area (TPSA) is 133 Å². The predicted molar refractivity (Wildman–Crippen MR) is 204 cm³/mol. The first-order chi connectivity index (χ1) is 26.0. The Morgan fingerprint density at radius 1 is 0.642 bits per heavy atom. The maximum absolute atomic E-state index is 13.7. The largest absolute Gasteiger partial charge is 0.457 e. The molecule has 8 rings (SSSR count). The molecule has 0 bridgehead atoms. The van der Waals surface area contributed by atoms with E-state index in [4.69, 9.17) is 4.74 Å². The first-order valence-corrected chi connectivity index (χ1v) is 18.0. The van der Waals surface area contributed by atoms with Gasteiger partial charge in [0.15, 0.2) is 0 Å². The molecule has 4 aromatic heterocycles. The van der Waals surface area contributed by atoms with Gasteiger partial charge in [-0.2, -0.15) is 10.5 Å². The lowest BCUT2D eigenvalue weighted by Gasteiger charge is -2.23. The quantitative estimate of drug-likeness (QED) is 0.139. The van der Waals surface area contributed by atoms with Crippen molar-refractivity contribution in [3.8, 4) is 23.6 Å².